The number of rotatable bonds is 3. The van der Waals surface area contributed by atoms with Crippen molar-refractivity contribution in [2.45, 2.75) is 38.1 Å². The van der Waals surface area contributed by atoms with Crippen LogP contribution < -0.4 is 5.32 Å². The van der Waals surface area contributed by atoms with Crippen LogP contribution in [0.3, 0.4) is 0 Å². The van der Waals surface area contributed by atoms with Crippen molar-refractivity contribution in [1.29, 1.82) is 0 Å². The predicted octanol–water partition coefficient (Wildman–Crippen LogP) is 2.88. The Morgan fingerprint density at radius 3 is 2.75 bits per heavy atom. The number of carboxylic acids is 1. The number of hydrogen-bond donors (Lipinski definition) is 2. The maximum absolute atomic E-state index is 11.6. The van der Waals surface area contributed by atoms with Crippen molar-refractivity contribution in [2.75, 3.05) is 6.54 Å². The number of aliphatic carboxylic acids is 1. The van der Waals surface area contributed by atoms with E-state index in [1.165, 1.54) is 18.4 Å². The molecule has 1 saturated heterocycles. The van der Waals surface area contributed by atoms with Crippen molar-refractivity contribution in [3.63, 3.8) is 0 Å². The summed E-state index contributed by atoms with van der Waals surface area (Å²) in [4.78, 5) is 11.6. The molecule has 0 amide bonds. The van der Waals surface area contributed by atoms with Crippen LogP contribution in [0.2, 0.25) is 0 Å². The van der Waals surface area contributed by atoms with Gasteiger partial charge in [0.2, 0.25) is 0 Å². The van der Waals surface area contributed by atoms with Crippen LogP contribution in [-0.2, 0) is 11.2 Å². The summed E-state index contributed by atoms with van der Waals surface area (Å²) in [5, 5.41) is 12.8. The van der Waals surface area contributed by atoms with Crippen LogP contribution in [0.5, 0.6) is 0 Å². The van der Waals surface area contributed by atoms with E-state index < -0.39 is 5.97 Å². The molecule has 1 aromatic rings. The highest BCUT2D eigenvalue weighted by molar-refractivity contribution is 5.85. The lowest BCUT2D eigenvalue weighted by atomic mass is 9.62. The zero-order valence-corrected chi connectivity index (χ0v) is 12.4. The Morgan fingerprint density at radius 2 is 2.05 bits per heavy atom. The van der Waals surface area contributed by atoms with Gasteiger partial charge in [0.15, 0.2) is 0 Å². The average molecular weight is 296 g/mol. The highest BCUT2D eigenvalue weighted by Gasteiger charge is 2.53. The van der Waals surface area contributed by atoms with Gasteiger partial charge >= 0.3 is 5.97 Å². The fourth-order valence-corrected chi connectivity index (χ4v) is 4.13. The molecular weight excluding hydrogens is 274 g/mol. The minimum Gasteiger partial charge on any atom is -0.480 e. The number of halogens is 1. The molecule has 4 heteroatoms. The third-order valence-corrected chi connectivity index (χ3v) is 5.02. The third-order valence-electron chi connectivity index (χ3n) is 5.02. The van der Waals surface area contributed by atoms with Crippen molar-refractivity contribution in [1.82, 2.24) is 5.32 Å². The van der Waals surface area contributed by atoms with Crippen LogP contribution in [0.15, 0.2) is 30.3 Å². The molecule has 2 N–H and O–H groups in total. The first-order valence-corrected chi connectivity index (χ1v) is 7.22. The average Bonchev–Trinajstić information content (AvgIpc) is 2.78. The normalized spacial score (nSPS) is 32.2. The van der Waals surface area contributed by atoms with Crippen LogP contribution in [0.1, 0.15) is 31.2 Å². The Hall–Kier alpha value is -1.06. The summed E-state index contributed by atoms with van der Waals surface area (Å²) in [6, 6.07) is 9.97. The molecule has 0 radical (unpaired) electrons. The number of hydrogen-bond acceptors (Lipinski definition) is 2. The SMILES string of the molecule is Cl.O=C(O)C1NCC2CCCCC21Cc1ccccc1. The van der Waals surface area contributed by atoms with E-state index in [2.05, 4.69) is 17.4 Å². The van der Waals surface area contributed by atoms with Gasteiger partial charge in [-0.05, 0) is 37.3 Å². The highest BCUT2D eigenvalue weighted by Crippen LogP contribution is 2.49. The smallest absolute Gasteiger partial charge is 0.321 e. The largest absolute Gasteiger partial charge is 0.480 e. The lowest BCUT2D eigenvalue weighted by molar-refractivity contribution is -0.143. The number of carbonyl (C=O) groups is 1. The van der Waals surface area contributed by atoms with E-state index in [0.29, 0.717) is 5.92 Å². The molecule has 0 bridgehead atoms. The van der Waals surface area contributed by atoms with Gasteiger partial charge in [0.05, 0.1) is 0 Å². The second kappa shape index (κ2) is 6.15. The van der Waals surface area contributed by atoms with Crippen molar-refractivity contribution in [3.8, 4) is 0 Å². The molecule has 3 nitrogen and oxygen atoms in total. The van der Waals surface area contributed by atoms with Crippen molar-refractivity contribution < 1.29 is 9.90 Å². The monoisotopic (exact) mass is 295 g/mol. The molecule has 1 aromatic carbocycles. The van der Waals surface area contributed by atoms with E-state index >= 15 is 0 Å². The maximum Gasteiger partial charge on any atom is 0.321 e. The zero-order valence-electron chi connectivity index (χ0n) is 11.5. The van der Waals surface area contributed by atoms with Gasteiger partial charge < -0.3 is 10.4 Å². The van der Waals surface area contributed by atoms with Gasteiger partial charge in [-0.2, -0.15) is 0 Å². The Labute approximate surface area is 126 Å². The van der Waals surface area contributed by atoms with Crippen molar-refractivity contribution in [2.24, 2.45) is 11.3 Å². The van der Waals surface area contributed by atoms with Crippen LogP contribution in [-0.4, -0.2) is 23.7 Å². The molecular formula is C16H22ClNO2. The van der Waals surface area contributed by atoms with Gasteiger partial charge in [0, 0.05) is 5.41 Å². The molecule has 1 aliphatic heterocycles. The molecule has 1 aliphatic carbocycles. The highest BCUT2D eigenvalue weighted by atomic mass is 35.5. The van der Waals surface area contributed by atoms with Gasteiger partial charge in [-0.1, -0.05) is 43.2 Å². The van der Waals surface area contributed by atoms with Gasteiger partial charge in [-0.25, -0.2) is 0 Å². The molecule has 20 heavy (non-hydrogen) atoms. The summed E-state index contributed by atoms with van der Waals surface area (Å²) < 4.78 is 0. The summed E-state index contributed by atoms with van der Waals surface area (Å²) in [5.41, 5.74) is 1.19. The predicted molar refractivity (Wildman–Crippen MR) is 81.2 cm³/mol. The first-order valence-electron chi connectivity index (χ1n) is 7.22. The molecule has 0 spiro atoms. The van der Waals surface area contributed by atoms with Crippen LogP contribution in [0.25, 0.3) is 0 Å². The first-order chi connectivity index (χ1) is 9.22. The lowest BCUT2D eigenvalue weighted by Gasteiger charge is -2.41. The van der Waals surface area contributed by atoms with E-state index in [4.69, 9.17) is 0 Å². The summed E-state index contributed by atoms with van der Waals surface area (Å²) in [7, 11) is 0. The number of carboxylic acid groups (broad SMARTS) is 1. The molecule has 1 saturated carbocycles. The molecule has 1 heterocycles. The number of nitrogens with one attached hydrogen (secondary N) is 1. The molecule has 3 unspecified atom stereocenters. The zero-order chi connectivity index (χ0) is 13.3. The minimum atomic E-state index is -0.680. The molecule has 110 valence electrons. The van der Waals surface area contributed by atoms with E-state index in [-0.39, 0.29) is 23.9 Å². The standard InChI is InChI=1S/C16H21NO2.ClH/c18-15(19)14-16(10-12-6-2-1-3-7-12)9-5-4-8-13(16)11-17-14;/h1-3,6-7,13-14,17H,4-5,8-11H2,(H,18,19);1H. The van der Waals surface area contributed by atoms with Crippen LogP contribution in [0.4, 0.5) is 0 Å². The van der Waals surface area contributed by atoms with E-state index in [9.17, 15) is 9.90 Å². The topological polar surface area (TPSA) is 49.3 Å². The van der Waals surface area contributed by atoms with Crippen molar-refractivity contribution >= 4 is 18.4 Å². The quantitative estimate of drug-likeness (QED) is 0.901. The van der Waals surface area contributed by atoms with E-state index in [1.807, 2.05) is 18.2 Å². The van der Waals surface area contributed by atoms with Gasteiger partial charge in [0.25, 0.3) is 0 Å². The van der Waals surface area contributed by atoms with E-state index in [1.54, 1.807) is 0 Å². The summed E-state index contributed by atoms with van der Waals surface area (Å²) >= 11 is 0. The minimum absolute atomic E-state index is 0. The number of fused-ring (bicyclic) bond motifs is 1. The Kier molecular flexibility index (Phi) is 4.71. The maximum atomic E-state index is 11.6. The van der Waals surface area contributed by atoms with Crippen LogP contribution >= 0.6 is 12.4 Å². The molecule has 0 aromatic heterocycles. The Balaban J connectivity index is 0.00000147. The summed E-state index contributed by atoms with van der Waals surface area (Å²) in [5.74, 6) is -0.164. The first kappa shape index (κ1) is 15.3. The Morgan fingerprint density at radius 1 is 1.30 bits per heavy atom. The third kappa shape index (κ3) is 2.57. The second-order valence-electron chi connectivity index (χ2n) is 6.02. The van der Waals surface area contributed by atoms with Gasteiger partial charge in [0.1, 0.15) is 6.04 Å². The van der Waals surface area contributed by atoms with Gasteiger partial charge in [-0.3, -0.25) is 4.79 Å². The summed E-state index contributed by atoms with van der Waals surface area (Å²) in [6.45, 7) is 0.865. The fraction of sp³-hybridized carbons (Fsp3) is 0.562. The lowest BCUT2D eigenvalue weighted by Crippen LogP contribution is -2.47. The molecule has 3 atom stereocenters. The summed E-state index contributed by atoms with van der Waals surface area (Å²) in [6.07, 6.45) is 5.51. The number of benzene rings is 1. The van der Waals surface area contributed by atoms with Gasteiger partial charge in [-0.15, -0.1) is 12.4 Å². The van der Waals surface area contributed by atoms with Crippen LogP contribution in [0, 0.1) is 11.3 Å². The molecule has 3 rings (SSSR count). The second-order valence-corrected chi connectivity index (χ2v) is 6.02. The molecule has 2 aliphatic rings. The Bertz CT molecular complexity index is 465. The van der Waals surface area contributed by atoms with Crippen molar-refractivity contribution in [3.05, 3.63) is 35.9 Å². The van der Waals surface area contributed by atoms with E-state index in [0.717, 1.165) is 25.8 Å². The molecule has 2 fully saturated rings. The fourth-order valence-electron chi connectivity index (χ4n) is 4.13.